The molecule has 2 fully saturated rings. The van der Waals surface area contributed by atoms with E-state index in [1.807, 2.05) is 0 Å². The Bertz CT molecular complexity index is 499. The molecule has 1 heterocycles. The van der Waals surface area contributed by atoms with Crippen molar-refractivity contribution in [1.29, 1.82) is 0 Å². The molecule has 0 bridgehead atoms. The molecule has 0 radical (unpaired) electrons. The fourth-order valence-corrected chi connectivity index (χ4v) is 3.35. The lowest BCUT2D eigenvalue weighted by Crippen LogP contribution is -2.22. The van der Waals surface area contributed by atoms with Crippen molar-refractivity contribution in [3.8, 4) is 0 Å². The van der Waals surface area contributed by atoms with Crippen LogP contribution in [-0.4, -0.2) is 9.97 Å². The second kappa shape index (κ2) is 4.07. The van der Waals surface area contributed by atoms with E-state index in [0.29, 0.717) is 5.92 Å². The summed E-state index contributed by atoms with van der Waals surface area (Å²) in [5, 5.41) is 0. The number of nitrogens with zero attached hydrogens (tertiary/aromatic N) is 1. The average molecular weight is 344 g/mol. The van der Waals surface area contributed by atoms with E-state index in [2.05, 4.69) is 34.5 Å². The van der Waals surface area contributed by atoms with Crippen LogP contribution in [0.4, 0.5) is 0 Å². The van der Waals surface area contributed by atoms with Crippen LogP contribution in [0.1, 0.15) is 62.9 Å². The van der Waals surface area contributed by atoms with Crippen LogP contribution in [-0.2, 0) is 5.41 Å². The third-order valence-corrected chi connectivity index (χ3v) is 5.24. The fraction of sp³-hybridized carbons (Fsp3) is 0.692. The molecule has 0 unspecified atom stereocenters. The lowest BCUT2D eigenvalue weighted by Gasteiger charge is -2.14. The van der Waals surface area contributed by atoms with Crippen LogP contribution < -0.4 is 5.56 Å². The van der Waals surface area contributed by atoms with Crippen LogP contribution in [0, 0.1) is 3.57 Å². The monoisotopic (exact) mass is 344 g/mol. The minimum Gasteiger partial charge on any atom is -0.309 e. The van der Waals surface area contributed by atoms with Gasteiger partial charge in [0.25, 0.3) is 5.56 Å². The minimum atomic E-state index is 0.0608. The molecule has 0 atom stereocenters. The molecule has 0 aliphatic heterocycles. The van der Waals surface area contributed by atoms with Crippen molar-refractivity contribution in [2.24, 2.45) is 0 Å². The number of aromatic amines is 1. The molecule has 0 saturated heterocycles. The third kappa shape index (κ3) is 2.04. The zero-order chi connectivity index (χ0) is 12.0. The first-order valence-corrected chi connectivity index (χ1v) is 7.48. The van der Waals surface area contributed by atoms with Crippen LogP contribution >= 0.6 is 22.6 Å². The van der Waals surface area contributed by atoms with Crippen LogP contribution in [0.3, 0.4) is 0 Å². The van der Waals surface area contributed by atoms with Gasteiger partial charge in [-0.15, -0.1) is 0 Å². The Kier molecular flexibility index (Phi) is 2.80. The molecule has 4 heteroatoms. The second-order valence-electron chi connectivity index (χ2n) is 5.66. The van der Waals surface area contributed by atoms with Crippen molar-refractivity contribution in [3.63, 3.8) is 0 Å². The molecule has 17 heavy (non-hydrogen) atoms. The van der Waals surface area contributed by atoms with Crippen LogP contribution in [0.25, 0.3) is 0 Å². The van der Waals surface area contributed by atoms with Crippen LogP contribution in [0.5, 0.6) is 0 Å². The molecule has 2 saturated carbocycles. The van der Waals surface area contributed by atoms with Gasteiger partial charge in [0.15, 0.2) is 0 Å². The number of nitrogens with one attached hydrogen (secondary N) is 1. The maximum Gasteiger partial charge on any atom is 0.264 e. The highest BCUT2D eigenvalue weighted by molar-refractivity contribution is 14.1. The van der Waals surface area contributed by atoms with Crippen molar-refractivity contribution in [2.45, 2.75) is 56.8 Å². The van der Waals surface area contributed by atoms with Gasteiger partial charge >= 0.3 is 0 Å². The summed E-state index contributed by atoms with van der Waals surface area (Å²) in [4.78, 5) is 19.7. The van der Waals surface area contributed by atoms with E-state index >= 15 is 0 Å². The fourth-order valence-electron chi connectivity index (χ4n) is 2.66. The Balaban J connectivity index is 2.06. The first-order chi connectivity index (χ1) is 8.10. The predicted molar refractivity (Wildman–Crippen MR) is 75.4 cm³/mol. The normalized spacial score (nSPS) is 22.9. The molecule has 1 aromatic rings. The number of hydrogen-bond donors (Lipinski definition) is 1. The highest BCUT2D eigenvalue weighted by Crippen LogP contribution is 2.46. The second-order valence-corrected chi connectivity index (χ2v) is 6.73. The standard InChI is InChI=1S/C13H17IN2O/c1-13(6-7-13)12-15-10(8-4-2-3-5-8)9(14)11(17)16-12/h8H,2-7H2,1H3,(H,15,16,17). The predicted octanol–water partition coefficient (Wildman–Crippen LogP) is 3.08. The number of H-pyrrole nitrogens is 1. The maximum atomic E-state index is 12.0. The van der Waals surface area contributed by atoms with Crippen molar-refractivity contribution in [3.05, 3.63) is 25.4 Å². The third-order valence-electron chi connectivity index (χ3n) is 4.20. The van der Waals surface area contributed by atoms with E-state index < -0.39 is 0 Å². The molecule has 2 aliphatic rings. The molecule has 1 aromatic heterocycles. The summed E-state index contributed by atoms with van der Waals surface area (Å²) in [6.45, 7) is 2.19. The Morgan fingerprint density at radius 1 is 1.35 bits per heavy atom. The van der Waals surface area contributed by atoms with Gasteiger partial charge in [-0.2, -0.15) is 0 Å². The summed E-state index contributed by atoms with van der Waals surface area (Å²) in [5.41, 5.74) is 1.28. The van der Waals surface area contributed by atoms with E-state index in [1.54, 1.807) is 0 Å². The SMILES string of the molecule is CC1(c2nc(C3CCCC3)c(I)c(=O)[nH]2)CC1. The van der Waals surface area contributed by atoms with Gasteiger partial charge in [-0.1, -0.05) is 19.8 Å². The van der Waals surface area contributed by atoms with E-state index in [1.165, 1.54) is 25.7 Å². The summed E-state index contributed by atoms with van der Waals surface area (Å²) in [7, 11) is 0. The molecule has 3 nitrogen and oxygen atoms in total. The quantitative estimate of drug-likeness (QED) is 0.838. The van der Waals surface area contributed by atoms with E-state index in [0.717, 1.165) is 27.9 Å². The Morgan fingerprint density at radius 3 is 2.59 bits per heavy atom. The summed E-state index contributed by atoms with van der Waals surface area (Å²) in [6, 6.07) is 0. The molecule has 92 valence electrons. The largest absolute Gasteiger partial charge is 0.309 e. The van der Waals surface area contributed by atoms with E-state index in [-0.39, 0.29) is 11.0 Å². The summed E-state index contributed by atoms with van der Waals surface area (Å²) in [5.74, 6) is 1.44. The highest BCUT2D eigenvalue weighted by atomic mass is 127. The molecular formula is C13H17IN2O. The van der Waals surface area contributed by atoms with Crippen molar-refractivity contribution >= 4 is 22.6 Å². The average Bonchev–Trinajstić information content (AvgIpc) is 2.85. The molecule has 1 N–H and O–H groups in total. The number of hydrogen-bond acceptors (Lipinski definition) is 2. The summed E-state index contributed by atoms with van der Waals surface area (Å²) in [6.07, 6.45) is 7.26. The summed E-state index contributed by atoms with van der Waals surface area (Å²) >= 11 is 2.15. The van der Waals surface area contributed by atoms with Crippen molar-refractivity contribution in [2.75, 3.05) is 0 Å². The van der Waals surface area contributed by atoms with Crippen molar-refractivity contribution in [1.82, 2.24) is 9.97 Å². The molecular weight excluding hydrogens is 327 g/mol. The van der Waals surface area contributed by atoms with Crippen LogP contribution in [0.2, 0.25) is 0 Å². The molecule has 3 rings (SSSR count). The van der Waals surface area contributed by atoms with Gasteiger partial charge in [0.1, 0.15) is 5.82 Å². The Labute approximate surface area is 115 Å². The van der Waals surface area contributed by atoms with E-state index in [9.17, 15) is 4.79 Å². The van der Waals surface area contributed by atoms with E-state index in [4.69, 9.17) is 4.98 Å². The van der Waals surface area contributed by atoms with Gasteiger partial charge in [-0.3, -0.25) is 4.79 Å². The first-order valence-electron chi connectivity index (χ1n) is 6.40. The Morgan fingerprint density at radius 2 is 2.00 bits per heavy atom. The highest BCUT2D eigenvalue weighted by Gasteiger charge is 2.42. The summed E-state index contributed by atoms with van der Waals surface area (Å²) < 4.78 is 0.808. The van der Waals surface area contributed by atoms with Crippen LogP contribution in [0.15, 0.2) is 4.79 Å². The lowest BCUT2D eigenvalue weighted by atomic mass is 10.0. The first kappa shape index (κ1) is 11.7. The van der Waals surface area contributed by atoms with Gasteiger partial charge in [-0.05, 0) is 48.3 Å². The topological polar surface area (TPSA) is 45.8 Å². The zero-order valence-electron chi connectivity index (χ0n) is 10.1. The minimum absolute atomic E-state index is 0.0608. The molecule has 0 aromatic carbocycles. The maximum absolute atomic E-state index is 12.0. The van der Waals surface area contributed by atoms with Gasteiger partial charge in [-0.25, -0.2) is 4.98 Å². The van der Waals surface area contributed by atoms with Gasteiger partial charge in [0.05, 0.1) is 9.26 Å². The van der Waals surface area contributed by atoms with Gasteiger partial charge in [0, 0.05) is 11.3 Å². The molecule has 2 aliphatic carbocycles. The molecule has 0 spiro atoms. The van der Waals surface area contributed by atoms with Crippen molar-refractivity contribution < 1.29 is 0 Å². The number of rotatable bonds is 2. The number of aromatic nitrogens is 2. The van der Waals surface area contributed by atoms with Gasteiger partial charge in [0.2, 0.25) is 0 Å². The smallest absolute Gasteiger partial charge is 0.264 e. The van der Waals surface area contributed by atoms with Gasteiger partial charge < -0.3 is 4.98 Å². The Hall–Kier alpha value is -0.390. The lowest BCUT2D eigenvalue weighted by molar-refractivity contribution is 0.639. The zero-order valence-corrected chi connectivity index (χ0v) is 12.2. The molecule has 0 amide bonds. The number of halogens is 1.